The summed E-state index contributed by atoms with van der Waals surface area (Å²) in [6, 6.07) is 2.20. The molecule has 4 heteroatoms. The van der Waals surface area contributed by atoms with E-state index in [0.29, 0.717) is 11.7 Å². The van der Waals surface area contributed by atoms with Gasteiger partial charge in [-0.2, -0.15) is 5.10 Å². The molecule has 2 rings (SSSR count). The maximum Gasteiger partial charge on any atom is 0.274 e. The Kier molecular flexibility index (Phi) is 1.83. The number of nitrogens with zero attached hydrogens (tertiary/aromatic N) is 3. The molecule has 0 atom stereocenters. The van der Waals surface area contributed by atoms with E-state index in [1.807, 2.05) is 14.1 Å². The van der Waals surface area contributed by atoms with E-state index in [1.165, 1.54) is 0 Å². The summed E-state index contributed by atoms with van der Waals surface area (Å²) in [6.07, 6.45) is 4.05. The smallest absolute Gasteiger partial charge is 0.274 e. The van der Waals surface area contributed by atoms with Gasteiger partial charge >= 0.3 is 0 Å². The maximum atomic E-state index is 11.7. The Labute approximate surface area is 77.1 Å². The Balaban J connectivity index is 2.11. The summed E-state index contributed by atoms with van der Waals surface area (Å²) in [5.74, 6) is 0.0306. The van der Waals surface area contributed by atoms with Crippen molar-refractivity contribution in [2.75, 3.05) is 7.05 Å². The third-order valence-corrected chi connectivity index (χ3v) is 2.35. The molecule has 0 spiro atoms. The molecule has 70 valence electrons. The van der Waals surface area contributed by atoms with Crippen LogP contribution in [0.25, 0.3) is 0 Å². The fourth-order valence-corrected chi connectivity index (χ4v) is 1.34. The lowest BCUT2D eigenvalue weighted by atomic mass is 10.4. The van der Waals surface area contributed by atoms with E-state index in [4.69, 9.17) is 0 Å². The van der Waals surface area contributed by atoms with E-state index < -0.39 is 0 Å². The molecule has 1 fully saturated rings. The molecule has 1 aliphatic rings. The van der Waals surface area contributed by atoms with Gasteiger partial charge in [-0.05, 0) is 18.9 Å². The second-order valence-electron chi connectivity index (χ2n) is 3.52. The number of amides is 1. The zero-order chi connectivity index (χ0) is 9.42. The average Bonchev–Trinajstić information content (AvgIpc) is 2.87. The highest BCUT2D eigenvalue weighted by molar-refractivity contribution is 5.92. The summed E-state index contributed by atoms with van der Waals surface area (Å²) < 4.78 is 1.65. The Morgan fingerprint density at radius 2 is 2.38 bits per heavy atom. The van der Waals surface area contributed by atoms with E-state index in [0.717, 1.165) is 12.8 Å². The van der Waals surface area contributed by atoms with E-state index in [2.05, 4.69) is 5.10 Å². The average molecular weight is 179 g/mol. The molecule has 0 radical (unpaired) electrons. The highest BCUT2D eigenvalue weighted by Gasteiger charge is 2.30. The van der Waals surface area contributed by atoms with Gasteiger partial charge in [-0.25, -0.2) is 0 Å². The van der Waals surface area contributed by atoms with Crippen molar-refractivity contribution in [2.45, 2.75) is 18.9 Å². The third kappa shape index (κ3) is 1.56. The molecule has 4 nitrogen and oxygen atoms in total. The van der Waals surface area contributed by atoms with Crippen molar-refractivity contribution >= 4 is 5.91 Å². The molecule has 1 aliphatic carbocycles. The van der Waals surface area contributed by atoms with Crippen LogP contribution in [0.15, 0.2) is 12.3 Å². The van der Waals surface area contributed by atoms with Gasteiger partial charge in [0.25, 0.3) is 5.91 Å². The van der Waals surface area contributed by atoms with Crippen molar-refractivity contribution in [2.24, 2.45) is 7.05 Å². The number of aryl methyl sites for hydroxylation is 1. The largest absolute Gasteiger partial charge is 0.337 e. The van der Waals surface area contributed by atoms with Crippen LogP contribution in [0.3, 0.4) is 0 Å². The highest BCUT2D eigenvalue weighted by Crippen LogP contribution is 2.26. The van der Waals surface area contributed by atoms with Crippen LogP contribution in [0, 0.1) is 0 Å². The van der Waals surface area contributed by atoms with Gasteiger partial charge in [0.05, 0.1) is 0 Å². The van der Waals surface area contributed by atoms with Gasteiger partial charge in [-0.3, -0.25) is 9.48 Å². The molecule has 1 saturated carbocycles. The Hall–Kier alpha value is -1.32. The summed E-state index contributed by atoms with van der Waals surface area (Å²) in [4.78, 5) is 13.5. The summed E-state index contributed by atoms with van der Waals surface area (Å²) in [6.45, 7) is 0. The van der Waals surface area contributed by atoms with Gasteiger partial charge in [-0.15, -0.1) is 0 Å². The van der Waals surface area contributed by atoms with Crippen LogP contribution >= 0.6 is 0 Å². The number of rotatable bonds is 2. The molecule has 1 heterocycles. The maximum absolute atomic E-state index is 11.7. The van der Waals surface area contributed by atoms with Crippen LogP contribution < -0.4 is 0 Å². The molecule has 0 saturated heterocycles. The molecule has 0 bridgehead atoms. The second kappa shape index (κ2) is 2.87. The molecule has 0 N–H and O–H groups in total. The van der Waals surface area contributed by atoms with Gasteiger partial charge in [0.1, 0.15) is 5.69 Å². The molecular formula is C9H13N3O. The minimum absolute atomic E-state index is 0.0306. The highest BCUT2D eigenvalue weighted by atomic mass is 16.2. The number of hydrogen-bond donors (Lipinski definition) is 0. The van der Waals surface area contributed by atoms with Crippen molar-refractivity contribution in [1.82, 2.24) is 14.7 Å². The van der Waals surface area contributed by atoms with E-state index in [1.54, 1.807) is 21.8 Å². The van der Waals surface area contributed by atoms with E-state index in [9.17, 15) is 4.79 Å². The van der Waals surface area contributed by atoms with Crippen molar-refractivity contribution in [3.8, 4) is 0 Å². The first-order chi connectivity index (χ1) is 6.18. The predicted octanol–water partition coefficient (Wildman–Crippen LogP) is 0.654. The fourth-order valence-electron chi connectivity index (χ4n) is 1.34. The van der Waals surface area contributed by atoms with Crippen molar-refractivity contribution in [3.63, 3.8) is 0 Å². The lowest BCUT2D eigenvalue weighted by Gasteiger charge is -2.13. The topological polar surface area (TPSA) is 38.1 Å². The Morgan fingerprint density at radius 3 is 2.85 bits per heavy atom. The summed E-state index contributed by atoms with van der Waals surface area (Å²) in [5, 5.41) is 4.07. The number of hydrogen-bond acceptors (Lipinski definition) is 2. The molecule has 1 aromatic heterocycles. The predicted molar refractivity (Wildman–Crippen MR) is 48.3 cm³/mol. The van der Waals surface area contributed by atoms with Gasteiger partial charge < -0.3 is 4.90 Å². The van der Waals surface area contributed by atoms with Gasteiger partial charge in [0, 0.05) is 26.3 Å². The fraction of sp³-hybridized carbons (Fsp3) is 0.556. The van der Waals surface area contributed by atoms with Gasteiger partial charge in [-0.1, -0.05) is 0 Å². The minimum Gasteiger partial charge on any atom is -0.337 e. The van der Waals surface area contributed by atoms with Crippen LogP contribution in [0.4, 0.5) is 0 Å². The molecule has 1 amide bonds. The van der Waals surface area contributed by atoms with Crippen LogP contribution in [0.2, 0.25) is 0 Å². The monoisotopic (exact) mass is 179 g/mol. The Morgan fingerprint density at radius 1 is 1.69 bits per heavy atom. The SMILES string of the molecule is CN(C(=O)c1ccn(C)n1)C1CC1. The quantitative estimate of drug-likeness (QED) is 0.668. The standard InChI is InChI=1S/C9H13N3O/c1-11-6-5-8(10-11)9(13)12(2)7-3-4-7/h5-7H,3-4H2,1-2H3. The third-order valence-electron chi connectivity index (χ3n) is 2.35. The first-order valence-electron chi connectivity index (χ1n) is 4.45. The molecule has 0 aromatic carbocycles. The normalized spacial score (nSPS) is 15.8. The first kappa shape index (κ1) is 8.29. The molecule has 0 aliphatic heterocycles. The summed E-state index contributed by atoms with van der Waals surface area (Å²) >= 11 is 0. The van der Waals surface area contributed by atoms with Crippen molar-refractivity contribution < 1.29 is 4.79 Å². The van der Waals surface area contributed by atoms with Crippen LogP contribution in [-0.2, 0) is 7.05 Å². The zero-order valence-corrected chi connectivity index (χ0v) is 7.90. The molecule has 1 aromatic rings. The van der Waals surface area contributed by atoms with Crippen molar-refractivity contribution in [1.29, 1.82) is 0 Å². The van der Waals surface area contributed by atoms with Crippen molar-refractivity contribution in [3.05, 3.63) is 18.0 Å². The Bertz CT molecular complexity index is 327. The molecular weight excluding hydrogens is 166 g/mol. The first-order valence-corrected chi connectivity index (χ1v) is 4.45. The lowest BCUT2D eigenvalue weighted by molar-refractivity contribution is 0.0778. The van der Waals surface area contributed by atoms with Crippen LogP contribution in [0.5, 0.6) is 0 Å². The second-order valence-corrected chi connectivity index (χ2v) is 3.52. The summed E-state index contributed by atoms with van der Waals surface area (Å²) in [5.41, 5.74) is 0.539. The van der Waals surface area contributed by atoms with Gasteiger partial charge in [0.2, 0.25) is 0 Å². The number of aromatic nitrogens is 2. The number of carbonyl (C=O) groups is 1. The van der Waals surface area contributed by atoms with E-state index in [-0.39, 0.29) is 5.91 Å². The molecule has 0 unspecified atom stereocenters. The van der Waals surface area contributed by atoms with Gasteiger partial charge in [0.15, 0.2) is 0 Å². The minimum atomic E-state index is 0.0306. The summed E-state index contributed by atoms with van der Waals surface area (Å²) in [7, 11) is 3.66. The number of carbonyl (C=O) groups excluding carboxylic acids is 1. The molecule has 13 heavy (non-hydrogen) atoms. The van der Waals surface area contributed by atoms with Crippen LogP contribution in [-0.4, -0.2) is 33.7 Å². The van der Waals surface area contributed by atoms with Crippen LogP contribution in [0.1, 0.15) is 23.3 Å². The van der Waals surface area contributed by atoms with E-state index >= 15 is 0 Å². The zero-order valence-electron chi connectivity index (χ0n) is 7.90. The lowest BCUT2D eigenvalue weighted by Crippen LogP contribution is -2.29.